The second kappa shape index (κ2) is 6.26. The summed E-state index contributed by atoms with van der Waals surface area (Å²) in [5.74, 6) is 3.77. The molecule has 1 saturated carbocycles. The lowest BCUT2D eigenvalue weighted by molar-refractivity contribution is -0.115. The van der Waals surface area contributed by atoms with Crippen LogP contribution >= 0.6 is 23.5 Å². The van der Waals surface area contributed by atoms with E-state index in [2.05, 4.69) is 23.5 Å². The van der Waals surface area contributed by atoms with Gasteiger partial charge < -0.3 is 0 Å². The first-order valence-corrected chi connectivity index (χ1v) is 9.80. The maximum atomic E-state index is 11.8. The lowest BCUT2D eigenvalue weighted by atomic mass is 9.81. The quantitative estimate of drug-likeness (QED) is 0.727. The SMILES string of the molecule is O=C1C=C(C2(C3CCCCC3)SCCCS2)CCC1. The molecule has 0 N–H and O–H groups in total. The molecule has 3 heteroatoms. The molecule has 1 nitrogen and oxygen atoms in total. The average molecular weight is 297 g/mol. The molecule has 1 heterocycles. The van der Waals surface area contributed by atoms with E-state index in [0.29, 0.717) is 5.78 Å². The van der Waals surface area contributed by atoms with Crippen LogP contribution in [0.1, 0.15) is 57.8 Å². The second-order valence-electron chi connectivity index (χ2n) is 6.04. The number of allylic oxidation sites excluding steroid dienone is 1. The fraction of sp³-hybridized carbons (Fsp3) is 0.812. The number of rotatable bonds is 2. The molecule has 0 aromatic carbocycles. The van der Waals surface area contributed by atoms with Crippen molar-refractivity contribution in [3.63, 3.8) is 0 Å². The summed E-state index contributed by atoms with van der Waals surface area (Å²) in [5.41, 5.74) is 1.49. The van der Waals surface area contributed by atoms with Crippen LogP contribution in [-0.4, -0.2) is 21.4 Å². The molecule has 0 unspecified atom stereocenters. The number of ketones is 1. The normalized spacial score (nSPS) is 29.1. The minimum absolute atomic E-state index is 0.273. The zero-order valence-corrected chi connectivity index (χ0v) is 13.3. The van der Waals surface area contributed by atoms with Gasteiger partial charge in [0, 0.05) is 6.42 Å². The summed E-state index contributed by atoms with van der Waals surface area (Å²) in [5, 5.41) is 0. The van der Waals surface area contributed by atoms with E-state index in [-0.39, 0.29) is 4.08 Å². The molecule has 3 rings (SSSR count). The maximum Gasteiger partial charge on any atom is 0.155 e. The van der Waals surface area contributed by atoms with Crippen LogP contribution in [-0.2, 0) is 4.79 Å². The number of thioether (sulfide) groups is 2. The standard InChI is InChI=1S/C16H24OS2/c17-15-9-4-8-14(12-15)16(18-10-5-11-19-16)13-6-2-1-3-7-13/h12-13H,1-11H2. The van der Waals surface area contributed by atoms with Gasteiger partial charge in [0.15, 0.2) is 5.78 Å². The highest BCUT2D eigenvalue weighted by Crippen LogP contribution is 2.57. The van der Waals surface area contributed by atoms with Crippen LogP contribution in [0.3, 0.4) is 0 Å². The van der Waals surface area contributed by atoms with Crippen LogP contribution in [0.25, 0.3) is 0 Å². The third kappa shape index (κ3) is 2.92. The van der Waals surface area contributed by atoms with E-state index in [1.165, 1.54) is 62.0 Å². The van der Waals surface area contributed by atoms with Gasteiger partial charge in [-0.2, -0.15) is 0 Å². The van der Waals surface area contributed by atoms with Gasteiger partial charge in [-0.3, -0.25) is 4.79 Å². The first kappa shape index (κ1) is 14.1. The van der Waals surface area contributed by atoms with Crippen molar-refractivity contribution in [3.05, 3.63) is 11.6 Å². The molecule has 0 atom stereocenters. The van der Waals surface area contributed by atoms with Crippen LogP contribution < -0.4 is 0 Å². The third-order valence-corrected chi connectivity index (χ3v) is 8.46. The molecule has 0 bridgehead atoms. The molecule has 3 aliphatic rings. The maximum absolute atomic E-state index is 11.8. The summed E-state index contributed by atoms with van der Waals surface area (Å²) in [6.45, 7) is 0. The summed E-state index contributed by atoms with van der Waals surface area (Å²) in [6, 6.07) is 0. The lowest BCUT2D eigenvalue weighted by Gasteiger charge is -2.46. The van der Waals surface area contributed by atoms with Crippen LogP contribution in [0.4, 0.5) is 0 Å². The molecule has 19 heavy (non-hydrogen) atoms. The van der Waals surface area contributed by atoms with Crippen LogP contribution in [0, 0.1) is 5.92 Å². The third-order valence-electron chi connectivity index (χ3n) is 4.72. The Balaban J connectivity index is 1.88. The zero-order chi connectivity index (χ0) is 13.1. The zero-order valence-electron chi connectivity index (χ0n) is 11.7. The minimum Gasteiger partial charge on any atom is -0.295 e. The van der Waals surface area contributed by atoms with E-state index in [1.54, 1.807) is 0 Å². The van der Waals surface area contributed by atoms with Gasteiger partial charge in [0.1, 0.15) is 0 Å². The van der Waals surface area contributed by atoms with Gasteiger partial charge in [-0.05, 0) is 61.2 Å². The van der Waals surface area contributed by atoms with Gasteiger partial charge in [0.2, 0.25) is 0 Å². The minimum atomic E-state index is 0.273. The van der Waals surface area contributed by atoms with Gasteiger partial charge in [0.05, 0.1) is 4.08 Å². The molecule has 0 aromatic rings. The summed E-state index contributed by atoms with van der Waals surface area (Å²) in [7, 11) is 0. The molecule has 2 fully saturated rings. The predicted molar refractivity (Wildman–Crippen MR) is 85.8 cm³/mol. The first-order chi connectivity index (χ1) is 9.31. The number of carbonyl (C=O) groups is 1. The first-order valence-electron chi connectivity index (χ1n) is 7.83. The van der Waals surface area contributed by atoms with Crippen molar-refractivity contribution in [2.45, 2.75) is 61.9 Å². The van der Waals surface area contributed by atoms with Crippen molar-refractivity contribution in [1.82, 2.24) is 0 Å². The fourth-order valence-corrected chi connectivity index (χ4v) is 7.62. The van der Waals surface area contributed by atoms with E-state index in [0.717, 1.165) is 18.8 Å². The largest absolute Gasteiger partial charge is 0.295 e. The fourth-order valence-electron chi connectivity index (χ4n) is 3.78. The van der Waals surface area contributed by atoms with E-state index < -0.39 is 0 Å². The van der Waals surface area contributed by atoms with E-state index in [4.69, 9.17) is 0 Å². The van der Waals surface area contributed by atoms with Gasteiger partial charge in [0.25, 0.3) is 0 Å². The van der Waals surface area contributed by atoms with Crippen molar-refractivity contribution >= 4 is 29.3 Å². The second-order valence-corrected chi connectivity index (χ2v) is 8.98. The monoisotopic (exact) mass is 296 g/mol. The Labute approximate surface area is 125 Å². The number of carbonyl (C=O) groups excluding carboxylic acids is 1. The number of hydrogen-bond donors (Lipinski definition) is 0. The van der Waals surface area contributed by atoms with Crippen molar-refractivity contribution < 1.29 is 4.79 Å². The molecule has 0 aromatic heterocycles. The van der Waals surface area contributed by atoms with Gasteiger partial charge in [-0.15, -0.1) is 23.5 Å². The molecule has 0 radical (unpaired) electrons. The van der Waals surface area contributed by atoms with Gasteiger partial charge in [-0.1, -0.05) is 19.3 Å². The summed E-state index contributed by atoms with van der Waals surface area (Å²) in [4.78, 5) is 11.8. The topological polar surface area (TPSA) is 17.1 Å². The summed E-state index contributed by atoms with van der Waals surface area (Å²) in [6.07, 6.45) is 13.4. The summed E-state index contributed by atoms with van der Waals surface area (Å²) >= 11 is 4.34. The average Bonchev–Trinajstić information content (AvgIpc) is 2.49. The molecule has 1 aliphatic heterocycles. The Morgan fingerprint density at radius 1 is 0.947 bits per heavy atom. The Morgan fingerprint density at radius 3 is 2.37 bits per heavy atom. The molecular weight excluding hydrogens is 272 g/mol. The van der Waals surface area contributed by atoms with Crippen molar-refractivity contribution in [2.24, 2.45) is 5.92 Å². The van der Waals surface area contributed by atoms with Crippen LogP contribution in [0.15, 0.2) is 11.6 Å². The molecule has 0 amide bonds. The lowest BCUT2D eigenvalue weighted by Crippen LogP contribution is -2.38. The Morgan fingerprint density at radius 2 is 1.68 bits per heavy atom. The molecule has 2 aliphatic carbocycles. The Kier molecular flexibility index (Phi) is 4.63. The van der Waals surface area contributed by atoms with Gasteiger partial charge in [-0.25, -0.2) is 0 Å². The highest BCUT2D eigenvalue weighted by Gasteiger charge is 2.45. The van der Waals surface area contributed by atoms with E-state index in [1.807, 2.05) is 6.08 Å². The van der Waals surface area contributed by atoms with E-state index in [9.17, 15) is 4.79 Å². The van der Waals surface area contributed by atoms with E-state index >= 15 is 0 Å². The van der Waals surface area contributed by atoms with Crippen molar-refractivity contribution in [1.29, 1.82) is 0 Å². The predicted octanol–water partition coefficient (Wildman–Crippen LogP) is 4.81. The molecule has 1 saturated heterocycles. The highest BCUT2D eigenvalue weighted by atomic mass is 32.2. The molecular formula is C16H24OS2. The smallest absolute Gasteiger partial charge is 0.155 e. The van der Waals surface area contributed by atoms with Crippen molar-refractivity contribution in [2.75, 3.05) is 11.5 Å². The van der Waals surface area contributed by atoms with Crippen molar-refractivity contribution in [3.8, 4) is 0 Å². The molecule has 106 valence electrons. The highest BCUT2D eigenvalue weighted by molar-refractivity contribution is 8.19. The van der Waals surface area contributed by atoms with Crippen LogP contribution in [0.2, 0.25) is 0 Å². The summed E-state index contributed by atoms with van der Waals surface area (Å²) < 4.78 is 0.273. The molecule has 0 spiro atoms. The van der Waals surface area contributed by atoms with Crippen LogP contribution in [0.5, 0.6) is 0 Å². The van der Waals surface area contributed by atoms with Gasteiger partial charge >= 0.3 is 0 Å². The number of hydrogen-bond acceptors (Lipinski definition) is 3. The Hall–Kier alpha value is 0.110. The Bertz CT molecular complexity index is 363.